The van der Waals surface area contributed by atoms with Crippen molar-refractivity contribution in [3.63, 3.8) is 0 Å². The van der Waals surface area contributed by atoms with Gasteiger partial charge in [0, 0.05) is 64.7 Å². The van der Waals surface area contributed by atoms with Crippen molar-refractivity contribution in [3.05, 3.63) is 147 Å². The number of carbonyl (C=O) groups excluding carboxylic acids is 5. The highest BCUT2D eigenvalue weighted by Gasteiger charge is 2.28. The normalized spacial score (nSPS) is 13.3. The molecule has 2 fully saturated rings. The molecule has 2 aliphatic carbocycles. The second kappa shape index (κ2) is 21.1. The van der Waals surface area contributed by atoms with E-state index in [4.69, 9.17) is 0 Å². The molecule has 6 N–H and O–H groups in total. The van der Waals surface area contributed by atoms with Crippen molar-refractivity contribution in [1.29, 1.82) is 0 Å². The molecule has 368 valence electrons. The molecule has 5 aromatic rings. The summed E-state index contributed by atoms with van der Waals surface area (Å²) in [7, 11) is 0. The van der Waals surface area contributed by atoms with Crippen LogP contribution in [0.2, 0.25) is 0 Å². The largest absolute Gasteiger partial charge is 0.478 e. The molecule has 0 aliphatic heterocycles. The van der Waals surface area contributed by atoms with E-state index in [1.807, 2.05) is 41.5 Å². The zero-order valence-electron chi connectivity index (χ0n) is 40.3. The zero-order chi connectivity index (χ0) is 51.4. The van der Waals surface area contributed by atoms with E-state index < -0.39 is 52.9 Å². The highest BCUT2D eigenvalue weighted by Crippen LogP contribution is 2.34. The molecule has 0 radical (unpaired) electrons. The van der Waals surface area contributed by atoms with Gasteiger partial charge in [-0.25, -0.2) is 22.4 Å². The molecule has 0 aromatic heterocycles. The Morgan fingerprint density at radius 1 is 0.486 bits per heavy atom. The Kier molecular flexibility index (Phi) is 15.7. The second-order valence-electron chi connectivity index (χ2n) is 20.2. The standard InChI is InChI=1S/C30H30F3N3O3.C24H27FN2O4/c1-16-22(12-18(13-25(16)32)28(38)35-19-6-7-19)21-9-5-17(27(37)34-15-30(2,3)4)11-23(21)29(39)36-20-8-10-24(31)26(33)14-20;1-13-18(10-15(11-20(13)25)22(29)27-16-6-7-16)17-8-5-14(9-19(17)23(30)31)21(28)26-12-24(2,3)4/h5,8-14,19H,6-7,15H2,1-4H3,(H,34,37)(H,35,38)(H,36,39);5,8-11,16H,6-7,12H2,1-4H3,(H,26,28)(H,27,29)(H,30,31). The Morgan fingerprint density at radius 3 is 1.31 bits per heavy atom. The highest BCUT2D eigenvalue weighted by atomic mass is 19.2. The van der Waals surface area contributed by atoms with E-state index in [1.54, 1.807) is 0 Å². The van der Waals surface area contributed by atoms with Crippen LogP contribution in [-0.2, 0) is 0 Å². The van der Waals surface area contributed by atoms with Crippen molar-refractivity contribution in [2.75, 3.05) is 18.4 Å². The number of rotatable bonds is 13. The SMILES string of the molecule is Cc1c(F)cc(C(=O)NC2CC2)cc1-c1ccc(C(=O)NCC(C)(C)C)cc1C(=O)Nc1ccc(F)c(F)c1.Cc1c(F)cc(C(=O)NC2CC2)cc1-c1ccc(C(=O)NCC(C)(C)C)cc1C(=O)O. The molecule has 5 aromatic carbocycles. The van der Waals surface area contributed by atoms with Gasteiger partial charge in [0.1, 0.15) is 11.6 Å². The summed E-state index contributed by atoms with van der Waals surface area (Å²) in [5, 5.41) is 23.5. The summed E-state index contributed by atoms with van der Waals surface area (Å²) in [6.45, 7) is 15.7. The van der Waals surface area contributed by atoms with Crippen LogP contribution in [0.1, 0.15) is 141 Å². The summed E-state index contributed by atoms with van der Waals surface area (Å²) in [5.74, 6) is -7.03. The topological polar surface area (TPSA) is 183 Å². The van der Waals surface area contributed by atoms with Crippen molar-refractivity contribution in [2.24, 2.45) is 10.8 Å². The lowest BCUT2D eigenvalue weighted by Crippen LogP contribution is -2.32. The first-order valence-corrected chi connectivity index (χ1v) is 22.9. The van der Waals surface area contributed by atoms with Crippen LogP contribution in [0.3, 0.4) is 0 Å². The minimum Gasteiger partial charge on any atom is -0.478 e. The Bertz CT molecular complexity index is 2900. The van der Waals surface area contributed by atoms with E-state index in [9.17, 15) is 51.4 Å². The number of carbonyl (C=O) groups is 6. The van der Waals surface area contributed by atoms with Crippen LogP contribution in [0.15, 0.2) is 78.9 Å². The number of amides is 5. The molecule has 2 aliphatic rings. The van der Waals surface area contributed by atoms with Gasteiger partial charge >= 0.3 is 5.97 Å². The summed E-state index contributed by atoms with van der Waals surface area (Å²) < 4.78 is 56.8. The average molecular weight is 964 g/mol. The smallest absolute Gasteiger partial charge is 0.336 e. The molecular formula is C54H57F4N5O7. The van der Waals surface area contributed by atoms with E-state index in [0.717, 1.165) is 49.9 Å². The Hall–Kier alpha value is -7.36. The van der Waals surface area contributed by atoms with Crippen LogP contribution in [0.4, 0.5) is 23.2 Å². The minimum atomic E-state index is -1.24. The molecule has 70 heavy (non-hydrogen) atoms. The summed E-state index contributed by atoms with van der Waals surface area (Å²) in [6.07, 6.45) is 3.52. The predicted octanol–water partition coefficient (Wildman–Crippen LogP) is 10.2. The number of hydrogen-bond donors (Lipinski definition) is 6. The second-order valence-corrected chi connectivity index (χ2v) is 20.2. The van der Waals surface area contributed by atoms with Gasteiger partial charge in [0.05, 0.1) is 5.56 Å². The van der Waals surface area contributed by atoms with Gasteiger partial charge in [-0.05, 0) is 144 Å². The van der Waals surface area contributed by atoms with Gasteiger partial charge in [-0.15, -0.1) is 0 Å². The third kappa shape index (κ3) is 13.7. The monoisotopic (exact) mass is 963 g/mol. The van der Waals surface area contributed by atoms with Gasteiger partial charge in [0.25, 0.3) is 29.5 Å². The third-order valence-electron chi connectivity index (χ3n) is 11.4. The molecule has 5 amide bonds. The fourth-order valence-corrected chi connectivity index (χ4v) is 7.05. The lowest BCUT2D eigenvalue weighted by molar-refractivity contribution is 0.0696. The van der Waals surface area contributed by atoms with Gasteiger partial charge in [-0.2, -0.15) is 0 Å². The number of halogens is 4. The van der Waals surface area contributed by atoms with Gasteiger partial charge in [0.15, 0.2) is 11.6 Å². The number of aromatic carboxylic acids is 1. The van der Waals surface area contributed by atoms with Crippen LogP contribution < -0.4 is 26.6 Å². The van der Waals surface area contributed by atoms with Crippen molar-refractivity contribution in [3.8, 4) is 22.3 Å². The van der Waals surface area contributed by atoms with E-state index >= 15 is 0 Å². The molecule has 0 saturated heterocycles. The van der Waals surface area contributed by atoms with E-state index in [0.29, 0.717) is 18.7 Å². The van der Waals surface area contributed by atoms with E-state index in [2.05, 4.69) is 26.6 Å². The molecule has 16 heteroatoms. The summed E-state index contributed by atoms with van der Waals surface area (Å²) in [6, 6.07) is 17.0. The Balaban J connectivity index is 0.000000236. The predicted molar refractivity (Wildman–Crippen MR) is 259 cm³/mol. The molecule has 0 atom stereocenters. The van der Waals surface area contributed by atoms with Gasteiger partial charge < -0.3 is 31.7 Å². The van der Waals surface area contributed by atoms with Gasteiger partial charge in [0.2, 0.25) is 0 Å². The fourth-order valence-electron chi connectivity index (χ4n) is 7.05. The first-order chi connectivity index (χ1) is 32.8. The van der Waals surface area contributed by atoms with Crippen molar-refractivity contribution >= 4 is 41.2 Å². The van der Waals surface area contributed by atoms with Gasteiger partial charge in [-0.1, -0.05) is 53.7 Å². The minimum absolute atomic E-state index is 0.00657. The maximum atomic E-state index is 15.0. The lowest BCUT2D eigenvalue weighted by Gasteiger charge is -2.19. The maximum absolute atomic E-state index is 15.0. The fraction of sp³-hybridized carbons (Fsp3) is 0.333. The molecule has 0 spiro atoms. The Morgan fingerprint density at radius 2 is 0.914 bits per heavy atom. The number of nitrogens with one attached hydrogen (secondary N) is 5. The number of hydrogen-bond acceptors (Lipinski definition) is 6. The number of anilines is 1. The first kappa shape index (κ1) is 52.0. The number of carboxylic acids is 1. The molecule has 7 rings (SSSR count). The first-order valence-electron chi connectivity index (χ1n) is 22.9. The lowest BCUT2D eigenvalue weighted by atomic mass is 9.91. The van der Waals surface area contributed by atoms with Crippen LogP contribution in [-0.4, -0.2) is 65.8 Å². The zero-order valence-corrected chi connectivity index (χ0v) is 40.3. The van der Waals surface area contributed by atoms with Crippen molar-refractivity contribution in [1.82, 2.24) is 21.3 Å². The molecule has 0 heterocycles. The van der Waals surface area contributed by atoms with Crippen LogP contribution >= 0.6 is 0 Å². The summed E-state index contributed by atoms with van der Waals surface area (Å²) >= 11 is 0. The summed E-state index contributed by atoms with van der Waals surface area (Å²) in [4.78, 5) is 75.8. The molecule has 0 unspecified atom stereocenters. The quantitative estimate of drug-likeness (QED) is 0.0635. The molecular weight excluding hydrogens is 907 g/mol. The molecule has 0 bridgehead atoms. The Labute approximate surface area is 404 Å². The third-order valence-corrected chi connectivity index (χ3v) is 11.4. The highest BCUT2D eigenvalue weighted by molar-refractivity contribution is 6.11. The van der Waals surface area contributed by atoms with Gasteiger partial charge in [-0.3, -0.25) is 24.0 Å². The van der Waals surface area contributed by atoms with E-state index in [-0.39, 0.29) is 95.7 Å². The van der Waals surface area contributed by atoms with Crippen LogP contribution in [0, 0.1) is 47.9 Å². The van der Waals surface area contributed by atoms with Crippen LogP contribution in [0.5, 0.6) is 0 Å². The van der Waals surface area contributed by atoms with Crippen molar-refractivity contribution in [2.45, 2.75) is 93.2 Å². The number of carboxylic acid groups (broad SMARTS) is 1. The maximum Gasteiger partial charge on any atom is 0.336 e. The average Bonchev–Trinajstić information content (AvgIpc) is 4.25. The molecule has 2 saturated carbocycles. The summed E-state index contributed by atoms with van der Waals surface area (Å²) in [5.41, 5.74) is 1.69. The van der Waals surface area contributed by atoms with E-state index in [1.165, 1.54) is 68.4 Å². The van der Waals surface area contributed by atoms with Crippen molar-refractivity contribution < 1.29 is 51.4 Å². The molecule has 12 nitrogen and oxygen atoms in total. The van der Waals surface area contributed by atoms with Crippen LogP contribution in [0.25, 0.3) is 22.3 Å². The number of benzene rings is 5.